The Hall–Kier alpha value is -0.920. The molecule has 0 aromatic carbocycles. The summed E-state index contributed by atoms with van der Waals surface area (Å²) in [5.41, 5.74) is 0. The van der Waals surface area contributed by atoms with E-state index in [2.05, 4.69) is 4.40 Å². The molecule has 0 bridgehead atoms. The van der Waals surface area contributed by atoms with Gasteiger partial charge in [-0.2, -0.15) is 8.42 Å². The highest BCUT2D eigenvalue weighted by molar-refractivity contribution is 7.92. The van der Waals surface area contributed by atoms with Crippen LogP contribution in [0.2, 0.25) is 0 Å². The Balaban J connectivity index is 2.06. The first-order chi connectivity index (χ1) is 7.68. The first kappa shape index (κ1) is 11.6. The highest BCUT2D eigenvalue weighted by Gasteiger charge is 2.14. The molecule has 0 atom stereocenters. The second-order valence-electron chi connectivity index (χ2n) is 3.28. The molecule has 1 aliphatic rings. The maximum atomic E-state index is 11.7. The predicted octanol–water partition coefficient (Wildman–Crippen LogP) is 0.797. The van der Waals surface area contributed by atoms with E-state index in [1.54, 1.807) is 17.5 Å². The molecule has 0 amide bonds. The molecular formula is C9H12N2O3S2. The van der Waals surface area contributed by atoms with Crippen LogP contribution in [0.15, 0.2) is 26.1 Å². The summed E-state index contributed by atoms with van der Waals surface area (Å²) in [7, 11) is -3.51. The van der Waals surface area contributed by atoms with Crippen LogP contribution in [0.3, 0.4) is 0 Å². The molecule has 0 unspecified atom stereocenters. The van der Waals surface area contributed by atoms with Crippen molar-refractivity contribution in [3.8, 4) is 0 Å². The summed E-state index contributed by atoms with van der Waals surface area (Å²) in [6, 6.07) is 3.25. The lowest BCUT2D eigenvalue weighted by atomic mass is 10.5. The standard InChI is InChI=1S/C9H12N2O3S2/c12-16(13,9-2-1-7-15-9)10-8-11-3-5-14-6-4-11/h1-2,7-8H,3-6H2/b10-8+. The van der Waals surface area contributed by atoms with Crippen molar-refractivity contribution in [2.75, 3.05) is 26.3 Å². The molecule has 1 aromatic rings. The van der Waals surface area contributed by atoms with Gasteiger partial charge in [-0.25, -0.2) is 0 Å². The van der Waals surface area contributed by atoms with Crippen LogP contribution in [0.1, 0.15) is 0 Å². The van der Waals surface area contributed by atoms with Crippen molar-refractivity contribution < 1.29 is 13.2 Å². The van der Waals surface area contributed by atoms with Crippen LogP contribution in [-0.2, 0) is 14.8 Å². The summed E-state index contributed by atoms with van der Waals surface area (Å²) in [5.74, 6) is 0. The number of hydrogen-bond acceptors (Lipinski definition) is 4. The highest BCUT2D eigenvalue weighted by Crippen LogP contribution is 2.17. The minimum Gasteiger partial charge on any atom is -0.378 e. The molecule has 0 spiro atoms. The molecule has 1 aliphatic heterocycles. The van der Waals surface area contributed by atoms with Crippen molar-refractivity contribution in [3.05, 3.63) is 17.5 Å². The molecule has 16 heavy (non-hydrogen) atoms. The number of sulfonamides is 1. The predicted molar refractivity (Wildman–Crippen MR) is 62.4 cm³/mol. The van der Waals surface area contributed by atoms with Crippen LogP contribution in [0.4, 0.5) is 0 Å². The van der Waals surface area contributed by atoms with E-state index < -0.39 is 10.0 Å². The maximum Gasteiger partial charge on any atom is 0.293 e. The SMILES string of the molecule is O=S(=O)(/N=C/N1CCOCC1)c1cccs1. The number of nitrogens with zero attached hydrogens (tertiary/aromatic N) is 2. The second kappa shape index (κ2) is 4.94. The van der Waals surface area contributed by atoms with Gasteiger partial charge in [0.25, 0.3) is 10.0 Å². The van der Waals surface area contributed by atoms with Crippen LogP contribution in [-0.4, -0.2) is 46.0 Å². The van der Waals surface area contributed by atoms with Crippen LogP contribution in [0.25, 0.3) is 0 Å². The third-order valence-electron chi connectivity index (χ3n) is 2.14. The van der Waals surface area contributed by atoms with E-state index in [0.29, 0.717) is 26.3 Å². The summed E-state index contributed by atoms with van der Waals surface area (Å²) in [6.07, 6.45) is 1.39. The monoisotopic (exact) mass is 260 g/mol. The van der Waals surface area contributed by atoms with Crippen molar-refractivity contribution in [2.24, 2.45) is 4.40 Å². The molecule has 0 aliphatic carbocycles. The molecule has 1 aromatic heterocycles. The molecule has 0 saturated carbocycles. The van der Waals surface area contributed by atoms with E-state index in [0.717, 1.165) is 0 Å². The highest BCUT2D eigenvalue weighted by atomic mass is 32.2. The van der Waals surface area contributed by atoms with Gasteiger partial charge in [0.1, 0.15) is 10.5 Å². The average Bonchev–Trinajstić information content (AvgIpc) is 2.82. The quantitative estimate of drug-likeness (QED) is 0.596. The lowest BCUT2D eigenvalue weighted by Crippen LogP contribution is -2.35. The molecular weight excluding hydrogens is 248 g/mol. The van der Waals surface area contributed by atoms with Crippen LogP contribution in [0.5, 0.6) is 0 Å². The van der Waals surface area contributed by atoms with Gasteiger partial charge < -0.3 is 9.64 Å². The van der Waals surface area contributed by atoms with Gasteiger partial charge in [0.15, 0.2) is 0 Å². The zero-order valence-electron chi connectivity index (χ0n) is 8.57. The van der Waals surface area contributed by atoms with Gasteiger partial charge in [0.2, 0.25) is 0 Å². The van der Waals surface area contributed by atoms with E-state index in [1.807, 2.05) is 4.90 Å². The Kier molecular flexibility index (Phi) is 3.57. The lowest BCUT2D eigenvalue weighted by Gasteiger charge is -2.23. The van der Waals surface area contributed by atoms with Crippen molar-refractivity contribution in [2.45, 2.75) is 4.21 Å². The van der Waals surface area contributed by atoms with E-state index in [-0.39, 0.29) is 4.21 Å². The average molecular weight is 260 g/mol. The lowest BCUT2D eigenvalue weighted by molar-refractivity contribution is 0.0701. The molecule has 2 rings (SSSR count). The Bertz CT molecular complexity index is 447. The van der Waals surface area contributed by atoms with Gasteiger partial charge in [0.05, 0.1) is 13.2 Å². The second-order valence-corrected chi connectivity index (χ2v) is 6.08. The summed E-state index contributed by atoms with van der Waals surface area (Å²) in [5, 5.41) is 1.72. The Morgan fingerprint density at radius 1 is 1.44 bits per heavy atom. The molecule has 7 heteroatoms. The Morgan fingerprint density at radius 3 is 2.81 bits per heavy atom. The van der Waals surface area contributed by atoms with Gasteiger partial charge in [-0.3, -0.25) is 0 Å². The number of ether oxygens (including phenoxy) is 1. The third-order valence-corrected chi connectivity index (χ3v) is 4.74. The topological polar surface area (TPSA) is 59.0 Å². The zero-order chi connectivity index (χ0) is 11.4. The number of hydrogen-bond donors (Lipinski definition) is 0. The fourth-order valence-electron chi connectivity index (χ4n) is 1.28. The fraction of sp³-hybridized carbons (Fsp3) is 0.444. The van der Waals surface area contributed by atoms with E-state index >= 15 is 0 Å². The molecule has 2 heterocycles. The molecule has 5 nitrogen and oxygen atoms in total. The van der Waals surface area contributed by atoms with Gasteiger partial charge in [0, 0.05) is 13.1 Å². The molecule has 0 radical (unpaired) electrons. The van der Waals surface area contributed by atoms with E-state index in [4.69, 9.17) is 4.74 Å². The van der Waals surface area contributed by atoms with Gasteiger partial charge in [-0.05, 0) is 11.4 Å². The smallest absolute Gasteiger partial charge is 0.293 e. The van der Waals surface area contributed by atoms with Crippen LogP contribution < -0.4 is 0 Å². The largest absolute Gasteiger partial charge is 0.378 e. The van der Waals surface area contributed by atoms with E-state index in [1.165, 1.54) is 17.7 Å². The number of thiophene rings is 1. The van der Waals surface area contributed by atoms with E-state index in [9.17, 15) is 8.42 Å². The van der Waals surface area contributed by atoms with Crippen molar-refractivity contribution >= 4 is 27.7 Å². The zero-order valence-corrected chi connectivity index (χ0v) is 10.2. The summed E-state index contributed by atoms with van der Waals surface area (Å²) < 4.78 is 32.5. The first-order valence-corrected chi connectivity index (χ1v) is 7.16. The maximum absolute atomic E-state index is 11.7. The minimum absolute atomic E-state index is 0.275. The third kappa shape index (κ3) is 2.81. The summed E-state index contributed by atoms with van der Waals surface area (Å²) in [4.78, 5) is 1.84. The number of rotatable bonds is 3. The Morgan fingerprint density at radius 2 is 2.19 bits per heavy atom. The van der Waals surface area contributed by atoms with Crippen molar-refractivity contribution in [1.29, 1.82) is 0 Å². The fourth-order valence-corrected chi connectivity index (χ4v) is 3.13. The minimum atomic E-state index is -3.51. The van der Waals surface area contributed by atoms with Gasteiger partial charge in [-0.15, -0.1) is 15.7 Å². The molecule has 88 valence electrons. The molecule has 0 N–H and O–H groups in total. The normalized spacial score (nSPS) is 18.1. The van der Waals surface area contributed by atoms with Crippen LogP contribution in [0, 0.1) is 0 Å². The molecule has 1 fully saturated rings. The first-order valence-electron chi connectivity index (χ1n) is 4.84. The van der Waals surface area contributed by atoms with Crippen molar-refractivity contribution in [3.63, 3.8) is 0 Å². The molecule has 1 saturated heterocycles. The van der Waals surface area contributed by atoms with Gasteiger partial charge in [-0.1, -0.05) is 6.07 Å². The number of morpholine rings is 1. The Labute approximate surface area is 98.4 Å². The summed E-state index contributed by atoms with van der Waals surface area (Å²) in [6.45, 7) is 2.60. The summed E-state index contributed by atoms with van der Waals surface area (Å²) >= 11 is 1.17. The van der Waals surface area contributed by atoms with Crippen molar-refractivity contribution in [1.82, 2.24) is 4.90 Å². The van der Waals surface area contributed by atoms with Gasteiger partial charge >= 0.3 is 0 Å². The van der Waals surface area contributed by atoms with Crippen LogP contribution >= 0.6 is 11.3 Å².